The zero-order valence-electron chi connectivity index (χ0n) is 15.3. The number of hydrogen-bond acceptors (Lipinski definition) is 5. The highest BCUT2D eigenvalue weighted by molar-refractivity contribution is 5.86. The molecule has 0 aromatic carbocycles. The summed E-state index contributed by atoms with van der Waals surface area (Å²) < 4.78 is 17.3. The molecule has 0 aromatic heterocycles. The fourth-order valence-corrected chi connectivity index (χ4v) is 5.83. The third kappa shape index (κ3) is 3.14. The highest BCUT2D eigenvalue weighted by atomic mass is 16.7. The van der Waals surface area contributed by atoms with Gasteiger partial charge in [0.2, 0.25) is 0 Å². The van der Waals surface area contributed by atoms with E-state index in [1.54, 1.807) is 0 Å². The van der Waals surface area contributed by atoms with Crippen LogP contribution in [0.5, 0.6) is 0 Å². The van der Waals surface area contributed by atoms with Crippen LogP contribution in [0.2, 0.25) is 0 Å². The number of ketones is 1. The van der Waals surface area contributed by atoms with Gasteiger partial charge < -0.3 is 14.2 Å². The van der Waals surface area contributed by atoms with Gasteiger partial charge in [-0.15, -0.1) is 0 Å². The van der Waals surface area contributed by atoms with E-state index in [2.05, 4.69) is 6.92 Å². The summed E-state index contributed by atoms with van der Waals surface area (Å²) in [6, 6.07) is 0. The molecule has 5 aliphatic rings. The minimum Gasteiger partial charge on any atom is -0.438 e. The van der Waals surface area contributed by atoms with E-state index >= 15 is 0 Å². The molecule has 5 rings (SSSR count). The molecule has 4 saturated carbocycles. The maximum atomic E-state index is 12.4. The lowest BCUT2D eigenvalue weighted by atomic mass is 9.54. The molecule has 1 heterocycles. The first-order valence-corrected chi connectivity index (χ1v) is 10.1. The summed E-state index contributed by atoms with van der Waals surface area (Å²) in [5, 5.41) is 0. The van der Waals surface area contributed by atoms with Crippen molar-refractivity contribution < 1.29 is 23.8 Å². The SMILES string of the molecule is CCC1CC(C(=O)OCOC2C3CC4CC(C3)C(=O)C2C4)C(CC)O1. The molecule has 0 spiro atoms. The summed E-state index contributed by atoms with van der Waals surface area (Å²) in [7, 11) is 0. The highest BCUT2D eigenvalue weighted by Gasteiger charge is 2.53. The van der Waals surface area contributed by atoms with Crippen molar-refractivity contribution in [1.29, 1.82) is 0 Å². The van der Waals surface area contributed by atoms with Gasteiger partial charge in [-0.1, -0.05) is 13.8 Å². The second-order valence-corrected chi connectivity index (χ2v) is 8.44. The first-order valence-electron chi connectivity index (χ1n) is 10.1. The lowest BCUT2D eigenvalue weighted by Crippen LogP contribution is -2.55. The summed E-state index contributed by atoms with van der Waals surface area (Å²) in [4.78, 5) is 24.9. The van der Waals surface area contributed by atoms with Gasteiger partial charge in [-0.25, -0.2) is 0 Å². The summed E-state index contributed by atoms with van der Waals surface area (Å²) in [5.74, 6) is 1.50. The smallest absolute Gasteiger partial charge is 0.313 e. The molecule has 1 saturated heterocycles. The van der Waals surface area contributed by atoms with Crippen molar-refractivity contribution >= 4 is 11.8 Å². The van der Waals surface area contributed by atoms with Crippen LogP contribution in [0.3, 0.4) is 0 Å². The number of esters is 1. The van der Waals surface area contributed by atoms with E-state index in [0.29, 0.717) is 17.6 Å². The number of carbonyl (C=O) groups is 2. The van der Waals surface area contributed by atoms with Crippen molar-refractivity contribution in [3.63, 3.8) is 0 Å². The van der Waals surface area contributed by atoms with E-state index in [-0.39, 0.29) is 48.8 Å². The van der Waals surface area contributed by atoms with Crippen molar-refractivity contribution in [1.82, 2.24) is 0 Å². The second-order valence-electron chi connectivity index (χ2n) is 8.44. The zero-order valence-corrected chi connectivity index (χ0v) is 15.3. The molecule has 1 aliphatic heterocycles. The Morgan fingerprint density at radius 2 is 1.96 bits per heavy atom. The Bertz CT molecular complexity index is 532. The molecular formula is C20H30O5. The molecule has 8 atom stereocenters. The van der Waals surface area contributed by atoms with E-state index < -0.39 is 0 Å². The van der Waals surface area contributed by atoms with Crippen LogP contribution in [-0.4, -0.2) is 36.9 Å². The van der Waals surface area contributed by atoms with E-state index in [9.17, 15) is 9.59 Å². The van der Waals surface area contributed by atoms with Crippen molar-refractivity contribution in [2.75, 3.05) is 6.79 Å². The highest BCUT2D eigenvalue weighted by Crippen LogP contribution is 2.52. The quantitative estimate of drug-likeness (QED) is 0.544. The number of carbonyl (C=O) groups excluding carboxylic acids is 2. The Kier molecular flexibility index (Phi) is 4.89. The van der Waals surface area contributed by atoms with Crippen molar-refractivity contribution in [2.24, 2.45) is 29.6 Å². The average Bonchev–Trinajstić information content (AvgIpc) is 3.04. The van der Waals surface area contributed by atoms with Crippen molar-refractivity contribution in [3.05, 3.63) is 0 Å². The van der Waals surface area contributed by atoms with Gasteiger partial charge in [-0.2, -0.15) is 0 Å². The minimum absolute atomic E-state index is 0.0250. The fourth-order valence-electron chi connectivity index (χ4n) is 5.83. The lowest BCUT2D eigenvalue weighted by molar-refractivity contribution is -0.191. The normalized spacial score (nSPS) is 45.1. The summed E-state index contributed by atoms with van der Waals surface area (Å²) in [5.41, 5.74) is 0. The third-order valence-electron chi connectivity index (χ3n) is 7.01. The monoisotopic (exact) mass is 350 g/mol. The van der Waals surface area contributed by atoms with Gasteiger partial charge in [-0.05, 0) is 56.8 Å². The average molecular weight is 350 g/mol. The van der Waals surface area contributed by atoms with Gasteiger partial charge in [0, 0.05) is 11.8 Å². The topological polar surface area (TPSA) is 61.8 Å². The third-order valence-corrected chi connectivity index (χ3v) is 7.01. The van der Waals surface area contributed by atoms with Crippen molar-refractivity contribution in [2.45, 2.75) is 77.1 Å². The lowest BCUT2D eigenvalue weighted by Gasteiger charge is -2.52. The maximum Gasteiger partial charge on any atom is 0.313 e. The number of ether oxygens (including phenoxy) is 3. The molecule has 4 aliphatic carbocycles. The Morgan fingerprint density at radius 3 is 2.72 bits per heavy atom. The first-order chi connectivity index (χ1) is 12.1. The zero-order chi connectivity index (χ0) is 17.6. The molecule has 5 heteroatoms. The van der Waals surface area contributed by atoms with Gasteiger partial charge >= 0.3 is 5.97 Å². The van der Waals surface area contributed by atoms with E-state index in [0.717, 1.165) is 38.5 Å². The predicted molar refractivity (Wildman–Crippen MR) is 90.6 cm³/mol. The van der Waals surface area contributed by atoms with Crippen LogP contribution in [0.1, 0.15) is 58.8 Å². The summed E-state index contributed by atoms with van der Waals surface area (Å²) in [6.45, 7) is 4.10. The second kappa shape index (κ2) is 6.99. The standard InChI is InChI=1S/C20H30O5/c1-3-14-9-15(17(4-2)25-14)20(22)24-10-23-19-13-6-11-5-12(8-13)18(21)16(19)7-11/h11-17,19H,3-10H2,1-2H3. The van der Waals surface area contributed by atoms with Crippen LogP contribution in [0.25, 0.3) is 0 Å². The maximum absolute atomic E-state index is 12.4. The van der Waals surface area contributed by atoms with Crippen LogP contribution < -0.4 is 0 Å². The van der Waals surface area contributed by atoms with Gasteiger partial charge in [0.25, 0.3) is 0 Å². The Hall–Kier alpha value is -0.940. The molecule has 0 amide bonds. The Morgan fingerprint density at radius 1 is 1.12 bits per heavy atom. The van der Waals surface area contributed by atoms with Crippen LogP contribution in [0, 0.1) is 29.6 Å². The van der Waals surface area contributed by atoms with Gasteiger partial charge in [-0.3, -0.25) is 9.59 Å². The number of Topliss-reactive ketones (excluding diaryl/α,β-unsaturated/α-hetero) is 1. The Labute approximate surface area is 149 Å². The first kappa shape index (κ1) is 17.5. The largest absolute Gasteiger partial charge is 0.438 e. The Balaban J connectivity index is 1.29. The van der Waals surface area contributed by atoms with Crippen LogP contribution >= 0.6 is 0 Å². The summed E-state index contributed by atoms with van der Waals surface area (Å²) in [6.07, 6.45) is 6.76. The van der Waals surface area contributed by atoms with Crippen molar-refractivity contribution in [3.8, 4) is 0 Å². The molecule has 5 fully saturated rings. The molecule has 0 radical (unpaired) electrons. The molecule has 140 valence electrons. The molecule has 0 N–H and O–H groups in total. The molecule has 8 unspecified atom stereocenters. The molecule has 5 nitrogen and oxygen atoms in total. The fraction of sp³-hybridized carbons (Fsp3) is 0.900. The van der Waals surface area contributed by atoms with E-state index in [1.165, 1.54) is 6.42 Å². The van der Waals surface area contributed by atoms with Gasteiger partial charge in [0.1, 0.15) is 5.78 Å². The van der Waals surface area contributed by atoms with Crippen LogP contribution in [0.4, 0.5) is 0 Å². The number of rotatable bonds is 6. The molecule has 0 aromatic rings. The van der Waals surface area contributed by atoms with E-state index in [4.69, 9.17) is 14.2 Å². The van der Waals surface area contributed by atoms with E-state index in [1.807, 2.05) is 6.92 Å². The molecule has 25 heavy (non-hydrogen) atoms. The van der Waals surface area contributed by atoms with Crippen LogP contribution in [-0.2, 0) is 23.8 Å². The molecule has 4 bridgehead atoms. The van der Waals surface area contributed by atoms with Gasteiger partial charge in [0.05, 0.1) is 24.2 Å². The number of hydrogen-bond donors (Lipinski definition) is 0. The predicted octanol–water partition coefficient (Wildman–Crippen LogP) is 3.10. The molecular weight excluding hydrogens is 320 g/mol. The van der Waals surface area contributed by atoms with Gasteiger partial charge in [0.15, 0.2) is 6.79 Å². The van der Waals surface area contributed by atoms with Crippen LogP contribution in [0.15, 0.2) is 0 Å². The minimum atomic E-state index is -0.210. The summed E-state index contributed by atoms with van der Waals surface area (Å²) >= 11 is 0.